The first-order valence-corrected chi connectivity index (χ1v) is 12.9. The third-order valence-corrected chi connectivity index (χ3v) is 6.76. The van der Waals surface area contributed by atoms with Gasteiger partial charge in [0.1, 0.15) is 5.82 Å². The van der Waals surface area contributed by atoms with Crippen LogP contribution in [0.3, 0.4) is 0 Å². The molecular weight excluding hydrogens is 444 g/mol. The summed E-state index contributed by atoms with van der Waals surface area (Å²) in [7, 11) is 2.12. The minimum atomic E-state index is 0.250. The van der Waals surface area contributed by atoms with Crippen LogP contribution in [-0.2, 0) is 24.4 Å². The lowest BCUT2D eigenvalue weighted by Crippen LogP contribution is -2.23. The molecule has 1 atom stereocenters. The van der Waals surface area contributed by atoms with Crippen molar-refractivity contribution in [2.45, 2.75) is 43.7 Å². The highest BCUT2D eigenvalue weighted by molar-refractivity contribution is 7.98. The van der Waals surface area contributed by atoms with E-state index in [0.29, 0.717) is 6.54 Å². The minimum Gasteiger partial charge on any atom is -0.376 e. The molecule has 3 heterocycles. The summed E-state index contributed by atoms with van der Waals surface area (Å²) in [5, 5.41) is 14.8. The number of para-hydroxylation sites is 1. The second-order valence-electron chi connectivity index (χ2n) is 8.67. The van der Waals surface area contributed by atoms with Crippen molar-refractivity contribution >= 4 is 11.8 Å². The number of benzene rings is 2. The molecule has 4 aromatic rings. The summed E-state index contributed by atoms with van der Waals surface area (Å²) in [6, 6.07) is 20.6. The van der Waals surface area contributed by atoms with Gasteiger partial charge >= 0.3 is 0 Å². The molecule has 0 N–H and O–H groups in total. The maximum absolute atomic E-state index is 5.88. The lowest BCUT2D eigenvalue weighted by molar-refractivity contribution is 0.0934. The van der Waals surface area contributed by atoms with Crippen molar-refractivity contribution in [3.8, 4) is 16.9 Å². The molecule has 1 aliphatic heterocycles. The zero-order valence-corrected chi connectivity index (χ0v) is 20.5. The second kappa shape index (κ2) is 10.5. The topological polar surface area (TPSA) is 61.0 Å². The van der Waals surface area contributed by atoms with Gasteiger partial charge in [0.15, 0.2) is 5.16 Å². The second-order valence-corrected chi connectivity index (χ2v) is 9.44. The van der Waals surface area contributed by atoms with Crippen LogP contribution in [0.4, 0.5) is 0 Å². The Bertz CT molecular complexity index is 1200. The number of aromatic nitrogens is 5. The Morgan fingerprint density at radius 2 is 1.79 bits per heavy atom. The van der Waals surface area contributed by atoms with Gasteiger partial charge in [-0.05, 0) is 38.3 Å². The SMILES string of the molecule is CSc1nnc(CN(C)Cc2cn(-c3ccccc3)nc2-c2ccccc2)n1C[C@@H]1CCCO1. The molecule has 8 heteroatoms. The highest BCUT2D eigenvalue weighted by atomic mass is 32.2. The summed E-state index contributed by atoms with van der Waals surface area (Å²) < 4.78 is 10.1. The highest BCUT2D eigenvalue weighted by Gasteiger charge is 2.22. The van der Waals surface area contributed by atoms with Gasteiger partial charge in [0.25, 0.3) is 0 Å². The van der Waals surface area contributed by atoms with E-state index in [9.17, 15) is 0 Å². The summed E-state index contributed by atoms with van der Waals surface area (Å²) in [5.41, 5.74) is 4.34. The van der Waals surface area contributed by atoms with Crippen molar-refractivity contribution in [1.29, 1.82) is 0 Å². The Labute approximate surface area is 204 Å². The molecule has 0 saturated carbocycles. The Morgan fingerprint density at radius 1 is 1.03 bits per heavy atom. The molecule has 7 nitrogen and oxygen atoms in total. The third-order valence-electron chi connectivity index (χ3n) is 6.10. The quantitative estimate of drug-likeness (QED) is 0.329. The summed E-state index contributed by atoms with van der Waals surface area (Å²) in [4.78, 5) is 2.28. The van der Waals surface area contributed by atoms with Crippen LogP contribution in [0.25, 0.3) is 16.9 Å². The van der Waals surface area contributed by atoms with E-state index in [1.54, 1.807) is 11.8 Å². The van der Waals surface area contributed by atoms with Gasteiger partial charge in [-0.15, -0.1) is 10.2 Å². The van der Waals surface area contributed by atoms with Crippen LogP contribution in [0.2, 0.25) is 0 Å². The summed E-state index contributed by atoms with van der Waals surface area (Å²) in [6.07, 6.45) is 6.66. The largest absolute Gasteiger partial charge is 0.376 e. The monoisotopic (exact) mass is 474 g/mol. The highest BCUT2D eigenvalue weighted by Crippen LogP contribution is 2.26. The van der Waals surface area contributed by atoms with Crippen molar-refractivity contribution in [3.05, 3.63) is 78.2 Å². The lowest BCUT2D eigenvalue weighted by Gasteiger charge is -2.19. The Hall–Kier alpha value is -2.94. The van der Waals surface area contributed by atoms with Crippen LogP contribution in [-0.4, -0.2) is 55.5 Å². The standard InChI is InChI=1S/C26H30N6OS/c1-30(19-24-27-28-26(34-2)31(24)18-23-14-9-15-33-23)16-21-17-32(22-12-7-4-8-13-22)29-25(21)20-10-5-3-6-11-20/h3-8,10-13,17,23H,9,14-16,18-19H2,1-2H3/t23-/m0/s1. The predicted molar refractivity (Wildman–Crippen MR) is 135 cm³/mol. The molecule has 1 saturated heterocycles. The molecule has 0 bridgehead atoms. The van der Waals surface area contributed by atoms with E-state index in [0.717, 1.165) is 60.5 Å². The number of nitrogens with zero attached hydrogens (tertiary/aromatic N) is 6. The molecular formula is C26H30N6OS. The number of hydrogen-bond donors (Lipinski definition) is 0. The van der Waals surface area contributed by atoms with Crippen LogP contribution in [0.1, 0.15) is 24.2 Å². The average molecular weight is 475 g/mol. The van der Waals surface area contributed by atoms with Crippen molar-refractivity contribution in [1.82, 2.24) is 29.4 Å². The first-order valence-electron chi connectivity index (χ1n) is 11.7. The van der Waals surface area contributed by atoms with Crippen LogP contribution in [0, 0.1) is 0 Å². The number of thioether (sulfide) groups is 1. The number of rotatable bonds is 9. The minimum absolute atomic E-state index is 0.250. The third kappa shape index (κ3) is 5.09. The molecule has 2 aromatic carbocycles. The van der Waals surface area contributed by atoms with Crippen LogP contribution in [0.15, 0.2) is 72.0 Å². The molecule has 5 rings (SSSR count). The Balaban J connectivity index is 1.39. The molecule has 1 aliphatic rings. The van der Waals surface area contributed by atoms with Gasteiger partial charge in [0.2, 0.25) is 0 Å². The van der Waals surface area contributed by atoms with E-state index in [1.165, 1.54) is 5.56 Å². The van der Waals surface area contributed by atoms with Gasteiger partial charge in [-0.1, -0.05) is 60.3 Å². The van der Waals surface area contributed by atoms with Crippen molar-refractivity contribution in [3.63, 3.8) is 0 Å². The molecule has 34 heavy (non-hydrogen) atoms. The van der Waals surface area contributed by atoms with Crippen LogP contribution in [0.5, 0.6) is 0 Å². The van der Waals surface area contributed by atoms with Gasteiger partial charge in [-0.2, -0.15) is 5.10 Å². The zero-order chi connectivity index (χ0) is 23.3. The van der Waals surface area contributed by atoms with Gasteiger partial charge in [0, 0.05) is 30.5 Å². The number of hydrogen-bond acceptors (Lipinski definition) is 6. The first kappa shape index (κ1) is 22.8. The van der Waals surface area contributed by atoms with E-state index in [2.05, 4.69) is 69.3 Å². The van der Waals surface area contributed by atoms with Gasteiger partial charge in [-0.25, -0.2) is 4.68 Å². The molecule has 1 fully saturated rings. The zero-order valence-electron chi connectivity index (χ0n) is 19.7. The van der Waals surface area contributed by atoms with E-state index in [-0.39, 0.29) is 6.10 Å². The van der Waals surface area contributed by atoms with Crippen LogP contribution < -0.4 is 0 Å². The average Bonchev–Trinajstić information content (AvgIpc) is 3.62. The van der Waals surface area contributed by atoms with E-state index >= 15 is 0 Å². The molecule has 0 aliphatic carbocycles. The molecule has 0 spiro atoms. The predicted octanol–water partition coefficient (Wildman–Crippen LogP) is 4.66. The fraction of sp³-hybridized carbons (Fsp3) is 0.346. The smallest absolute Gasteiger partial charge is 0.191 e. The molecule has 0 amide bonds. The van der Waals surface area contributed by atoms with E-state index in [1.807, 2.05) is 35.2 Å². The Kier molecular flexibility index (Phi) is 7.08. The normalized spacial score (nSPS) is 15.9. The van der Waals surface area contributed by atoms with Crippen molar-refractivity contribution in [2.75, 3.05) is 19.9 Å². The maximum atomic E-state index is 5.88. The molecule has 2 aromatic heterocycles. The molecule has 0 radical (unpaired) electrons. The summed E-state index contributed by atoms with van der Waals surface area (Å²) >= 11 is 1.63. The summed E-state index contributed by atoms with van der Waals surface area (Å²) in [5.74, 6) is 0.971. The fourth-order valence-electron chi connectivity index (χ4n) is 4.43. The van der Waals surface area contributed by atoms with Gasteiger partial charge < -0.3 is 9.30 Å². The maximum Gasteiger partial charge on any atom is 0.191 e. The molecule has 0 unspecified atom stereocenters. The van der Waals surface area contributed by atoms with Crippen molar-refractivity contribution < 1.29 is 4.74 Å². The van der Waals surface area contributed by atoms with Crippen LogP contribution >= 0.6 is 11.8 Å². The van der Waals surface area contributed by atoms with E-state index in [4.69, 9.17) is 9.84 Å². The Morgan fingerprint density at radius 3 is 2.50 bits per heavy atom. The summed E-state index contributed by atoms with van der Waals surface area (Å²) in [6.45, 7) is 3.11. The lowest BCUT2D eigenvalue weighted by atomic mass is 10.1. The number of ether oxygens (including phenoxy) is 1. The van der Waals surface area contributed by atoms with Gasteiger partial charge in [-0.3, -0.25) is 4.90 Å². The fourth-order valence-corrected chi connectivity index (χ4v) is 4.95. The molecule has 176 valence electrons. The first-order chi connectivity index (χ1) is 16.7. The van der Waals surface area contributed by atoms with Crippen molar-refractivity contribution in [2.24, 2.45) is 0 Å². The van der Waals surface area contributed by atoms with Gasteiger partial charge in [0.05, 0.1) is 30.6 Å². The van der Waals surface area contributed by atoms with E-state index < -0.39 is 0 Å².